The molecule has 1 saturated carbocycles. The van der Waals surface area contributed by atoms with Crippen LogP contribution >= 0.6 is 0 Å². The van der Waals surface area contributed by atoms with Gasteiger partial charge in [0, 0.05) is 12.6 Å². The minimum absolute atomic E-state index is 0.159. The van der Waals surface area contributed by atoms with Gasteiger partial charge in [0.1, 0.15) is 5.82 Å². The maximum absolute atomic E-state index is 14.3. The molecule has 3 unspecified atom stereocenters. The van der Waals surface area contributed by atoms with E-state index >= 15 is 0 Å². The summed E-state index contributed by atoms with van der Waals surface area (Å²) in [6.45, 7) is 3.33. The van der Waals surface area contributed by atoms with E-state index in [0.717, 1.165) is 31.4 Å². The Hall–Kier alpha value is -1.13. The lowest BCUT2D eigenvalue weighted by Gasteiger charge is -2.40. The second kappa shape index (κ2) is 5.10. The van der Waals surface area contributed by atoms with Crippen molar-refractivity contribution < 1.29 is 9.13 Å². The lowest BCUT2D eigenvalue weighted by atomic mass is 10.0. The number of halogens is 1. The van der Waals surface area contributed by atoms with Gasteiger partial charge >= 0.3 is 0 Å². The molecule has 4 heteroatoms. The number of fused-ring (bicyclic) bond motifs is 1. The van der Waals surface area contributed by atoms with Gasteiger partial charge < -0.3 is 15.4 Å². The van der Waals surface area contributed by atoms with Crippen LogP contribution in [0.3, 0.4) is 0 Å². The summed E-state index contributed by atoms with van der Waals surface area (Å²) in [5.74, 6) is -0.164. The topological polar surface area (TPSA) is 38.5 Å². The number of para-hydroxylation sites is 1. The van der Waals surface area contributed by atoms with E-state index in [1.807, 2.05) is 13.0 Å². The van der Waals surface area contributed by atoms with Crippen molar-refractivity contribution in [2.45, 2.75) is 44.4 Å². The van der Waals surface area contributed by atoms with Crippen LogP contribution in [0.2, 0.25) is 0 Å². The third-order valence-corrected chi connectivity index (χ3v) is 4.28. The van der Waals surface area contributed by atoms with Crippen molar-refractivity contribution in [2.24, 2.45) is 5.73 Å². The first-order valence-corrected chi connectivity index (χ1v) is 7.10. The molecule has 19 heavy (non-hydrogen) atoms. The van der Waals surface area contributed by atoms with Crippen LogP contribution in [0.15, 0.2) is 18.2 Å². The maximum Gasteiger partial charge on any atom is 0.146 e. The Kier molecular flexibility index (Phi) is 3.46. The van der Waals surface area contributed by atoms with Crippen molar-refractivity contribution in [1.82, 2.24) is 0 Å². The van der Waals surface area contributed by atoms with E-state index in [-0.39, 0.29) is 18.0 Å². The standard InChI is InChI=1S/C15H21FN2O/c1-10(17)11-4-2-5-12(16)15(11)18-8-9-19-14-7-3-6-13(14)18/h2,4-5,10,13-14H,3,6-9,17H2,1H3. The number of hydrogen-bond donors (Lipinski definition) is 1. The van der Waals surface area contributed by atoms with Crippen LogP contribution in [0.4, 0.5) is 10.1 Å². The van der Waals surface area contributed by atoms with Crippen molar-refractivity contribution in [2.75, 3.05) is 18.1 Å². The molecular weight excluding hydrogens is 243 g/mol. The fourth-order valence-electron chi connectivity index (χ4n) is 3.41. The first-order chi connectivity index (χ1) is 9.18. The monoisotopic (exact) mass is 264 g/mol. The molecule has 3 rings (SSSR count). The van der Waals surface area contributed by atoms with Crippen LogP contribution in [-0.2, 0) is 4.74 Å². The van der Waals surface area contributed by atoms with E-state index in [2.05, 4.69) is 4.90 Å². The maximum atomic E-state index is 14.3. The summed E-state index contributed by atoms with van der Waals surface area (Å²) in [6, 6.07) is 5.35. The number of anilines is 1. The average Bonchev–Trinajstić information content (AvgIpc) is 2.86. The number of ether oxygens (including phenoxy) is 1. The van der Waals surface area contributed by atoms with Crippen molar-refractivity contribution in [3.05, 3.63) is 29.6 Å². The first-order valence-electron chi connectivity index (χ1n) is 7.10. The fourth-order valence-corrected chi connectivity index (χ4v) is 3.41. The van der Waals surface area contributed by atoms with Gasteiger partial charge in [0.05, 0.1) is 24.4 Å². The van der Waals surface area contributed by atoms with Crippen LogP contribution in [0.1, 0.15) is 37.8 Å². The third-order valence-electron chi connectivity index (χ3n) is 4.28. The number of morpholine rings is 1. The summed E-state index contributed by atoms with van der Waals surface area (Å²) in [7, 11) is 0. The van der Waals surface area contributed by atoms with Gasteiger partial charge in [0.25, 0.3) is 0 Å². The summed E-state index contributed by atoms with van der Waals surface area (Å²) in [6.07, 6.45) is 3.59. The molecule has 0 bridgehead atoms. The van der Waals surface area contributed by atoms with Gasteiger partial charge in [-0.3, -0.25) is 0 Å². The molecule has 0 radical (unpaired) electrons. The second-order valence-corrected chi connectivity index (χ2v) is 5.57. The Morgan fingerprint density at radius 1 is 1.42 bits per heavy atom. The number of benzene rings is 1. The van der Waals surface area contributed by atoms with Crippen molar-refractivity contribution in [3.8, 4) is 0 Å². The first kappa shape index (κ1) is 12.9. The molecule has 1 aromatic rings. The zero-order valence-electron chi connectivity index (χ0n) is 11.3. The lowest BCUT2D eigenvalue weighted by Crippen LogP contribution is -2.49. The van der Waals surface area contributed by atoms with Crippen molar-refractivity contribution in [3.63, 3.8) is 0 Å². The lowest BCUT2D eigenvalue weighted by molar-refractivity contribution is 0.0253. The zero-order chi connectivity index (χ0) is 13.4. The van der Waals surface area contributed by atoms with Gasteiger partial charge in [-0.05, 0) is 37.8 Å². The van der Waals surface area contributed by atoms with Gasteiger partial charge in [-0.25, -0.2) is 4.39 Å². The quantitative estimate of drug-likeness (QED) is 0.892. The SMILES string of the molecule is CC(N)c1cccc(F)c1N1CCOC2CCCC21. The number of rotatable bonds is 2. The Morgan fingerprint density at radius 3 is 3.05 bits per heavy atom. The minimum atomic E-state index is -0.164. The smallest absolute Gasteiger partial charge is 0.146 e. The van der Waals surface area contributed by atoms with E-state index in [1.54, 1.807) is 6.07 Å². The molecule has 2 fully saturated rings. The number of hydrogen-bond acceptors (Lipinski definition) is 3. The normalized spacial score (nSPS) is 28.3. The van der Waals surface area contributed by atoms with Gasteiger partial charge in [-0.2, -0.15) is 0 Å². The van der Waals surface area contributed by atoms with Crippen LogP contribution in [0, 0.1) is 5.82 Å². The predicted molar refractivity (Wildman–Crippen MR) is 73.7 cm³/mol. The number of nitrogens with zero attached hydrogens (tertiary/aromatic N) is 1. The molecule has 0 amide bonds. The summed E-state index contributed by atoms with van der Waals surface area (Å²) < 4.78 is 20.1. The third kappa shape index (κ3) is 2.23. The van der Waals surface area contributed by atoms with Crippen LogP contribution in [0.25, 0.3) is 0 Å². The van der Waals surface area contributed by atoms with E-state index in [0.29, 0.717) is 18.3 Å². The molecule has 3 nitrogen and oxygen atoms in total. The van der Waals surface area contributed by atoms with E-state index < -0.39 is 0 Å². The summed E-state index contributed by atoms with van der Waals surface area (Å²) in [4.78, 5) is 2.19. The predicted octanol–water partition coefficient (Wildman–Crippen LogP) is 2.60. The minimum Gasteiger partial charge on any atom is -0.374 e. The molecule has 3 atom stereocenters. The van der Waals surface area contributed by atoms with Gasteiger partial charge in [0.15, 0.2) is 0 Å². The molecule has 2 aliphatic rings. The highest BCUT2D eigenvalue weighted by Crippen LogP contribution is 2.37. The molecule has 0 aromatic heterocycles. The Balaban J connectivity index is 2.00. The van der Waals surface area contributed by atoms with Gasteiger partial charge in [-0.15, -0.1) is 0 Å². The van der Waals surface area contributed by atoms with Crippen molar-refractivity contribution >= 4 is 5.69 Å². The van der Waals surface area contributed by atoms with E-state index in [4.69, 9.17) is 10.5 Å². The Labute approximate surface area is 113 Å². The van der Waals surface area contributed by atoms with Gasteiger partial charge in [0.2, 0.25) is 0 Å². The zero-order valence-corrected chi connectivity index (χ0v) is 11.3. The summed E-state index contributed by atoms with van der Waals surface area (Å²) in [5.41, 5.74) is 7.59. The highest BCUT2D eigenvalue weighted by atomic mass is 19.1. The van der Waals surface area contributed by atoms with Crippen LogP contribution in [-0.4, -0.2) is 25.3 Å². The van der Waals surface area contributed by atoms with E-state index in [9.17, 15) is 4.39 Å². The summed E-state index contributed by atoms with van der Waals surface area (Å²) in [5, 5.41) is 0. The molecule has 1 saturated heterocycles. The number of nitrogens with two attached hydrogens (primary N) is 1. The average molecular weight is 264 g/mol. The molecule has 1 aromatic carbocycles. The molecular formula is C15H21FN2O. The fraction of sp³-hybridized carbons (Fsp3) is 0.600. The molecule has 1 heterocycles. The van der Waals surface area contributed by atoms with Crippen LogP contribution < -0.4 is 10.6 Å². The largest absolute Gasteiger partial charge is 0.374 e. The van der Waals surface area contributed by atoms with Crippen LogP contribution in [0.5, 0.6) is 0 Å². The molecule has 1 aliphatic heterocycles. The molecule has 104 valence electrons. The second-order valence-electron chi connectivity index (χ2n) is 5.57. The highest BCUT2D eigenvalue weighted by molar-refractivity contribution is 5.57. The van der Waals surface area contributed by atoms with Crippen molar-refractivity contribution in [1.29, 1.82) is 0 Å². The molecule has 2 N–H and O–H groups in total. The molecule has 0 spiro atoms. The van der Waals surface area contributed by atoms with Gasteiger partial charge in [-0.1, -0.05) is 12.1 Å². The molecule has 1 aliphatic carbocycles. The summed E-state index contributed by atoms with van der Waals surface area (Å²) >= 11 is 0. The highest BCUT2D eigenvalue weighted by Gasteiger charge is 2.37. The Bertz CT molecular complexity index is 463. The Morgan fingerprint density at radius 2 is 2.26 bits per heavy atom. The van der Waals surface area contributed by atoms with E-state index in [1.165, 1.54) is 6.07 Å².